The van der Waals surface area contributed by atoms with Crippen LogP contribution in [0.5, 0.6) is 0 Å². The second kappa shape index (κ2) is 3.61. The van der Waals surface area contributed by atoms with Gasteiger partial charge in [-0.05, 0) is 18.8 Å². The lowest BCUT2D eigenvalue weighted by molar-refractivity contribution is -0.147. The molecular formula is C13H18O5S. The Kier molecular flexibility index (Phi) is 2.49. The van der Waals surface area contributed by atoms with Gasteiger partial charge in [-0.25, -0.2) is 4.79 Å². The highest BCUT2D eigenvalue weighted by Gasteiger charge is 2.73. The molecule has 0 aromatic rings. The van der Waals surface area contributed by atoms with E-state index in [-0.39, 0.29) is 28.9 Å². The average Bonchev–Trinajstić information content (AvgIpc) is 2.71. The van der Waals surface area contributed by atoms with Crippen LogP contribution in [0.3, 0.4) is 0 Å². The Morgan fingerprint density at radius 2 is 2.05 bits per heavy atom. The van der Waals surface area contributed by atoms with Crippen molar-refractivity contribution in [3.05, 3.63) is 12.2 Å². The van der Waals surface area contributed by atoms with Gasteiger partial charge in [-0.3, -0.25) is 4.18 Å². The van der Waals surface area contributed by atoms with Gasteiger partial charge >= 0.3 is 5.97 Å². The molecule has 6 heteroatoms. The zero-order valence-electron chi connectivity index (χ0n) is 11.3. The molecular weight excluding hydrogens is 268 g/mol. The maximum Gasteiger partial charge on any atom is 0.333 e. The Labute approximate surface area is 113 Å². The highest BCUT2D eigenvalue weighted by Crippen LogP contribution is 2.64. The molecule has 19 heavy (non-hydrogen) atoms. The van der Waals surface area contributed by atoms with E-state index >= 15 is 0 Å². The van der Waals surface area contributed by atoms with Gasteiger partial charge in [0.25, 0.3) is 10.1 Å². The Balaban J connectivity index is 1.98. The predicted molar refractivity (Wildman–Crippen MR) is 67.7 cm³/mol. The first-order chi connectivity index (χ1) is 8.66. The van der Waals surface area contributed by atoms with Crippen molar-refractivity contribution in [3.8, 4) is 0 Å². The highest BCUT2D eigenvalue weighted by atomic mass is 32.2. The minimum absolute atomic E-state index is 0.0353. The largest absolute Gasteiger partial charge is 0.457 e. The third kappa shape index (κ3) is 1.56. The van der Waals surface area contributed by atoms with E-state index in [0.29, 0.717) is 6.42 Å². The molecule has 5 nitrogen and oxygen atoms in total. The Morgan fingerprint density at radius 3 is 2.63 bits per heavy atom. The molecule has 0 spiro atoms. The summed E-state index contributed by atoms with van der Waals surface area (Å²) in [6.07, 6.45) is -0.204. The number of carbonyl (C=O) groups excluding carboxylic acids is 1. The van der Waals surface area contributed by atoms with Gasteiger partial charge in [-0.2, -0.15) is 8.42 Å². The average molecular weight is 286 g/mol. The van der Waals surface area contributed by atoms with Crippen LogP contribution in [0, 0.1) is 17.3 Å². The number of hydrogen-bond acceptors (Lipinski definition) is 5. The van der Waals surface area contributed by atoms with E-state index < -0.39 is 27.4 Å². The van der Waals surface area contributed by atoms with Crippen LogP contribution in [0.4, 0.5) is 0 Å². The Bertz CT molecular complexity index is 562. The van der Waals surface area contributed by atoms with Gasteiger partial charge < -0.3 is 4.74 Å². The number of ether oxygens (including phenoxy) is 1. The first-order valence-electron chi connectivity index (χ1n) is 6.45. The first-order valence-corrected chi connectivity index (χ1v) is 7.92. The molecule has 3 rings (SSSR count). The summed E-state index contributed by atoms with van der Waals surface area (Å²) in [7, 11) is -3.63. The van der Waals surface area contributed by atoms with Crippen LogP contribution in [-0.4, -0.2) is 31.8 Å². The standard InChI is InChI=1S/C13H18O5S/c1-6(2)12(14)17-10-7-5-8-9(13(7,3)4)11(10)19(15,16)18-8/h7-11H,1,5H2,2-4H3. The van der Waals surface area contributed by atoms with Crippen molar-refractivity contribution in [3.63, 3.8) is 0 Å². The van der Waals surface area contributed by atoms with E-state index in [9.17, 15) is 13.2 Å². The number of hydrogen-bond donors (Lipinski definition) is 0. The fraction of sp³-hybridized carbons (Fsp3) is 0.769. The molecule has 1 heterocycles. The third-order valence-corrected chi connectivity index (χ3v) is 6.70. The molecule has 2 aliphatic carbocycles. The quantitative estimate of drug-likeness (QED) is 0.434. The Hall–Kier alpha value is -0.880. The smallest absolute Gasteiger partial charge is 0.333 e. The van der Waals surface area contributed by atoms with Crippen LogP contribution in [0.2, 0.25) is 0 Å². The SMILES string of the molecule is C=C(C)C(=O)OC1C2CC3OS(=O)(=O)C1C3C2(C)C. The monoisotopic (exact) mass is 286 g/mol. The zero-order valence-corrected chi connectivity index (χ0v) is 12.1. The molecule has 5 unspecified atom stereocenters. The molecule has 0 amide bonds. The fourth-order valence-corrected chi connectivity index (χ4v) is 6.24. The molecule has 0 radical (unpaired) electrons. The van der Waals surface area contributed by atoms with Crippen LogP contribution in [0.1, 0.15) is 27.2 Å². The summed E-state index contributed by atoms with van der Waals surface area (Å²) in [6, 6.07) is 0. The summed E-state index contributed by atoms with van der Waals surface area (Å²) in [5.41, 5.74) is 0.104. The van der Waals surface area contributed by atoms with E-state index in [1.165, 1.54) is 0 Å². The van der Waals surface area contributed by atoms with Crippen molar-refractivity contribution < 1.29 is 22.1 Å². The molecule has 2 bridgehead atoms. The van der Waals surface area contributed by atoms with Crippen LogP contribution < -0.4 is 0 Å². The van der Waals surface area contributed by atoms with Crippen molar-refractivity contribution in [2.75, 3.05) is 0 Å². The lowest BCUT2D eigenvalue weighted by atomic mass is 9.81. The number of carbonyl (C=O) groups is 1. The maximum absolute atomic E-state index is 12.1. The van der Waals surface area contributed by atoms with Gasteiger partial charge in [-0.15, -0.1) is 0 Å². The third-order valence-electron chi connectivity index (χ3n) is 4.96. The highest BCUT2D eigenvalue weighted by molar-refractivity contribution is 7.87. The number of fused-ring (bicyclic) bond motifs is 1. The molecule has 106 valence electrons. The van der Waals surface area contributed by atoms with E-state index in [1.54, 1.807) is 6.92 Å². The Morgan fingerprint density at radius 1 is 1.42 bits per heavy atom. The van der Waals surface area contributed by atoms with Crippen molar-refractivity contribution in [2.24, 2.45) is 17.3 Å². The molecule has 1 aliphatic heterocycles. The van der Waals surface area contributed by atoms with Crippen molar-refractivity contribution in [1.29, 1.82) is 0 Å². The molecule has 2 saturated carbocycles. The van der Waals surface area contributed by atoms with Gasteiger partial charge in [0.05, 0.1) is 6.10 Å². The summed E-state index contributed by atoms with van der Waals surface area (Å²) in [6.45, 7) is 9.17. The van der Waals surface area contributed by atoms with Crippen LogP contribution in [-0.2, 0) is 23.8 Å². The fourth-order valence-electron chi connectivity index (χ4n) is 4.11. The summed E-state index contributed by atoms with van der Waals surface area (Å²) < 4.78 is 34.8. The topological polar surface area (TPSA) is 69.7 Å². The second-order valence-corrected chi connectivity index (χ2v) is 8.15. The molecule has 5 atom stereocenters. The molecule has 3 aliphatic rings. The van der Waals surface area contributed by atoms with E-state index in [0.717, 1.165) is 0 Å². The molecule has 0 aromatic heterocycles. The van der Waals surface area contributed by atoms with Crippen molar-refractivity contribution in [1.82, 2.24) is 0 Å². The van der Waals surface area contributed by atoms with E-state index in [4.69, 9.17) is 8.92 Å². The number of rotatable bonds is 2. The van der Waals surface area contributed by atoms with E-state index in [1.807, 2.05) is 13.8 Å². The molecule has 0 aromatic carbocycles. The van der Waals surface area contributed by atoms with Crippen molar-refractivity contribution in [2.45, 2.75) is 44.6 Å². The van der Waals surface area contributed by atoms with E-state index in [2.05, 4.69) is 6.58 Å². The van der Waals surface area contributed by atoms with Crippen LogP contribution in [0.15, 0.2) is 12.2 Å². The second-order valence-electron chi connectivity index (χ2n) is 6.43. The summed E-state index contributed by atoms with van der Waals surface area (Å²) >= 11 is 0. The predicted octanol–water partition coefficient (Wildman–Crippen LogP) is 1.25. The van der Waals surface area contributed by atoms with Crippen LogP contribution >= 0.6 is 0 Å². The summed E-state index contributed by atoms with van der Waals surface area (Å²) in [5.74, 6) is -0.564. The minimum Gasteiger partial charge on any atom is -0.457 e. The molecule has 0 N–H and O–H groups in total. The summed E-state index contributed by atoms with van der Waals surface area (Å²) in [5, 5.41) is -0.713. The van der Waals surface area contributed by atoms with Gasteiger partial charge in [0, 0.05) is 17.4 Å². The normalized spacial score (nSPS) is 44.3. The molecule has 3 fully saturated rings. The molecule has 1 saturated heterocycles. The van der Waals surface area contributed by atoms with Gasteiger partial charge in [0.2, 0.25) is 0 Å². The maximum atomic E-state index is 12.1. The van der Waals surface area contributed by atoms with Crippen molar-refractivity contribution >= 4 is 16.1 Å². The summed E-state index contributed by atoms with van der Waals surface area (Å²) in [4.78, 5) is 11.7. The van der Waals surface area contributed by atoms with Gasteiger partial charge in [0.15, 0.2) is 0 Å². The number of esters is 1. The van der Waals surface area contributed by atoms with Gasteiger partial charge in [0.1, 0.15) is 11.4 Å². The van der Waals surface area contributed by atoms with Gasteiger partial charge in [-0.1, -0.05) is 20.4 Å². The van der Waals surface area contributed by atoms with Crippen LogP contribution in [0.25, 0.3) is 0 Å². The lowest BCUT2D eigenvalue weighted by Gasteiger charge is -2.26. The first kappa shape index (κ1) is 13.1. The zero-order chi connectivity index (χ0) is 14.2. The minimum atomic E-state index is -3.63. The lowest BCUT2D eigenvalue weighted by Crippen LogP contribution is -2.39.